The van der Waals surface area contributed by atoms with Crippen molar-refractivity contribution < 1.29 is 56.0 Å². The topological polar surface area (TPSA) is 106 Å². The van der Waals surface area contributed by atoms with Crippen molar-refractivity contribution in [1.29, 1.82) is 0 Å². The lowest BCUT2D eigenvalue weighted by Gasteiger charge is -2.31. The number of sulfone groups is 1. The van der Waals surface area contributed by atoms with Gasteiger partial charge < -0.3 is 0 Å². The summed E-state index contributed by atoms with van der Waals surface area (Å²) in [5.74, 6) is 0. The summed E-state index contributed by atoms with van der Waals surface area (Å²) in [7, 11) is -21.3. The first-order valence-electron chi connectivity index (χ1n) is 8.25. The molecule has 184 valence electrons. The van der Waals surface area contributed by atoms with Gasteiger partial charge in [0.1, 0.15) is 0 Å². The highest BCUT2D eigenvalue weighted by atomic mass is 32.3. The Morgan fingerprint density at radius 1 is 0.606 bits per heavy atom. The van der Waals surface area contributed by atoms with Crippen LogP contribution in [-0.2, 0) is 36.4 Å². The molecular formula is C16H12F7NO6S3. The van der Waals surface area contributed by atoms with Crippen molar-refractivity contribution in [2.24, 2.45) is 0 Å². The first-order valence-corrected chi connectivity index (χ1v) is 12.6. The zero-order valence-corrected chi connectivity index (χ0v) is 18.2. The van der Waals surface area contributed by atoms with E-state index in [1.807, 2.05) is 0 Å². The van der Waals surface area contributed by atoms with Gasteiger partial charge >= 0.3 is 36.1 Å². The van der Waals surface area contributed by atoms with E-state index in [0.717, 1.165) is 42.5 Å². The standard InChI is InChI=1S/C16H12F7NO6S3/c17-14(18,31(25,26)13-9-5-2-6-10-13)15(19,20)32(27,28)24(33(29,30)16(21,22)23)11-12-7-3-1-4-8-12/h1-10H,11H2. The Morgan fingerprint density at radius 3 is 1.45 bits per heavy atom. The lowest BCUT2D eigenvalue weighted by Crippen LogP contribution is -2.58. The fraction of sp³-hybridized carbons (Fsp3) is 0.250. The van der Waals surface area contributed by atoms with Gasteiger partial charge in [-0.05, 0) is 17.7 Å². The minimum Gasteiger partial charge on any atom is -0.217 e. The summed E-state index contributed by atoms with van der Waals surface area (Å²) in [6, 6.07) is 8.58. The molecule has 0 saturated carbocycles. The summed E-state index contributed by atoms with van der Waals surface area (Å²) in [6.07, 6.45) is 0. The highest BCUT2D eigenvalue weighted by Gasteiger charge is 2.76. The van der Waals surface area contributed by atoms with Crippen molar-refractivity contribution in [3.63, 3.8) is 0 Å². The second kappa shape index (κ2) is 8.52. The fourth-order valence-corrected chi connectivity index (χ4v) is 7.09. The molecule has 0 spiro atoms. The van der Waals surface area contributed by atoms with Crippen LogP contribution in [-0.4, -0.2) is 45.0 Å². The molecule has 2 aromatic carbocycles. The molecule has 0 aliphatic carbocycles. The Hall–Kier alpha value is -2.24. The van der Waals surface area contributed by atoms with Crippen LogP contribution < -0.4 is 0 Å². The molecule has 0 saturated heterocycles. The molecule has 2 rings (SSSR count). The Balaban J connectivity index is 2.75. The molecule has 0 aromatic heterocycles. The van der Waals surface area contributed by atoms with E-state index in [9.17, 15) is 56.0 Å². The molecule has 0 unspecified atom stereocenters. The van der Waals surface area contributed by atoms with E-state index in [4.69, 9.17) is 0 Å². The van der Waals surface area contributed by atoms with Crippen LogP contribution in [0.3, 0.4) is 0 Å². The predicted molar refractivity (Wildman–Crippen MR) is 99.4 cm³/mol. The highest BCUT2D eigenvalue weighted by molar-refractivity contribution is 8.05. The van der Waals surface area contributed by atoms with Crippen molar-refractivity contribution >= 4 is 29.9 Å². The van der Waals surface area contributed by atoms with Gasteiger partial charge in [0.05, 0.1) is 11.4 Å². The van der Waals surface area contributed by atoms with Crippen LogP contribution in [0.25, 0.3) is 0 Å². The van der Waals surface area contributed by atoms with E-state index in [1.54, 1.807) is 0 Å². The van der Waals surface area contributed by atoms with Crippen LogP contribution in [0.2, 0.25) is 0 Å². The largest absolute Gasteiger partial charge is 0.512 e. The SMILES string of the molecule is O=S(=O)(c1ccccc1)C(F)(F)C(F)(F)S(=O)(=O)N(Cc1ccccc1)S(=O)(=O)C(F)(F)F. The van der Waals surface area contributed by atoms with Gasteiger partial charge in [-0.25, -0.2) is 25.3 Å². The first kappa shape index (κ1) is 27.0. The number of sulfonamides is 2. The molecule has 0 bridgehead atoms. The zero-order valence-electron chi connectivity index (χ0n) is 15.7. The molecule has 7 nitrogen and oxygen atoms in total. The van der Waals surface area contributed by atoms with Crippen LogP contribution in [0.1, 0.15) is 5.56 Å². The number of alkyl halides is 7. The highest BCUT2D eigenvalue weighted by Crippen LogP contribution is 2.48. The molecule has 0 heterocycles. The molecule has 2 aromatic rings. The number of hydrogen-bond acceptors (Lipinski definition) is 6. The Morgan fingerprint density at radius 2 is 1.03 bits per heavy atom. The number of hydrogen-bond donors (Lipinski definition) is 0. The number of nitrogens with zero attached hydrogens (tertiary/aromatic N) is 1. The normalized spacial score (nSPS) is 14.4. The molecule has 0 aliphatic heterocycles. The molecule has 0 atom stereocenters. The molecule has 33 heavy (non-hydrogen) atoms. The number of benzene rings is 2. The van der Waals surface area contributed by atoms with Gasteiger partial charge in [0.2, 0.25) is 0 Å². The summed E-state index contributed by atoms with van der Waals surface area (Å²) in [5, 5.41) is -13.4. The van der Waals surface area contributed by atoms with E-state index in [2.05, 4.69) is 0 Å². The van der Waals surface area contributed by atoms with Crippen LogP contribution in [0.4, 0.5) is 30.7 Å². The lowest BCUT2D eigenvalue weighted by atomic mass is 10.2. The Bertz CT molecular complexity index is 1310. The van der Waals surface area contributed by atoms with Gasteiger partial charge in [-0.1, -0.05) is 52.2 Å². The molecule has 17 heteroatoms. The van der Waals surface area contributed by atoms with E-state index in [-0.39, 0.29) is 0 Å². The van der Waals surface area contributed by atoms with Gasteiger partial charge in [-0.3, -0.25) is 0 Å². The third kappa shape index (κ3) is 4.45. The van der Waals surface area contributed by atoms with Crippen molar-refractivity contribution in [2.45, 2.75) is 27.5 Å². The monoisotopic (exact) mass is 543 g/mol. The van der Waals surface area contributed by atoms with Crippen LogP contribution in [0.5, 0.6) is 0 Å². The van der Waals surface area contributed by atoms with Crippen LogP contribution in [0, 0.1) is 0 Å². The fourth-order valence-electron chi connectivity index (χ4n) is 2.33. The maximum Gasteiger partial charge on any atom is 0.512 e. The number of rotatable bonds is 8. The van der Waals surface area contributed by atoms with Gasteiger partial charge in [0.25, 0.3) is 9.84 Å². The van der Waals surface area contributed by atoms with Crippen molar-refractivity contribution in [1.82, 2.24) is 3.71 Å². The molecule has 0 aliphatic rings. The first-order chi connectivity index (χ1) is 14.8. The van der Waals surface area contributed by atoms with E-state index in [0.29, 0.717) is 12.1 Å². The predicted octanol–water partition coefficient (Wildman–Crippen LogP) is 3.33. The minimum absolute atomic E-state index is 0.403. The Kier molecular flexibility index (Phi) is 6.97. The average molecular weight is 543 g/mol. The van der Waals surface area contributed by atoms with E-state index >= 15 is 0 Å². The molecule has 0 N–H and O–H groups in total. The number of halogens is 7. The molecule has 0 fully saturated rings. The van der Waals surface area contributed by atoms with Gasteiger partial charge in [-0.2, -0.15) is 30.7 Å². The molecule has 0 amide bonds. The van der Waals surface area contributed by atoms with Crippen molar-refractivity contribution in [2.75, 3.05) is 0 Å². The third-order valence-corrected chi connectivity index (χ3v) is 9.99. The van der Waals surface area contributed by atoms with Gasteiger partial charge in [0.15, 0.2) is 0 Å². The summed E-state index contributed by atoms with van der Waals surface area (Å²) < 4.78 is 168. The second-order valence-corrected chi connectivity index (χ2v) is 12.2. The quantitative estimate of drug-likeness (QED) is 0.473. The van der Waals surface area contributed by atoms with Crippen LogP contribution in [0.15, 0.2) is 65.6 Å². The average Bonchev–Trinajstić information content (AvgIpc) is 2.72. The van der Waals surface area contributed by atoms with Crippen molar-refractivity contribution in [3.8, 4) is 0 Å². The molecule has 0 radical (unpaired) electrons. The minimum atomic E-state index is -7.53. The summed E-state index contributed by atoms with van der Waals surface area (Å²) in [5.41, 5.74) is -7.13. The van der Waals surface area contributed by atoms with Gasteiger partial charge in [-0.15, -0.1) is 0 Å². The lowest BCUT2D eigenvalue weighted by molar-refractivity contribution is -0.0992. The maximum atomic E-state index is 14.6. The maximum absolute atomic E-state index is 14.6. The third-order valence-electron chi connectivity index (χ3n) is 4.04. The summed E-state index contributed by atoms with van der Waals surface area (Å²) in [4.78, 5) is -1.49. The van der Waals surface area contributed by atoms with Crippen molar-refractivity contribution in [3.05, 3.63) is 66.2 Å². The zero-order chi connectivity index (χ0) is 25.5. The molecular weight excluding hydrogens is 531 g/mol. The van der Waals surface area contributed by atoms with Crippen LogP contribution >= 0.6 is 0 Å². The Labute approximate surface area is 183 Å². The smallest absolute Gasteiger partial charge is 0.217 e. The van der Waals surface area contributed by atoms with E-state index < -0.39 is 66.6 Å². The van der Waals surface area contributed by atoms with Gasteiger partial charge in [0, 0.05) is 0 Å². The second-order valence-electron chi connectivity index (χ2n) is 6.22. The summed E-state index contributed by atoms with van der Waals surface area (Å²) in [6.45, 7) is -1.97. The van der Waals surface area contributed by atoms with E-state index in [1.165, 1.54) is 6.07 Å². The summed E-state index contributed by atoms with van der Waals surface area (Å²) >= 11 is 0.